The van der Waals surface area contributed by atoms with E-state index in [-0.39, 0.29) is 0 Å². The second kappa shape index (κ2) is 3.22. The molecule has 0 spiro atoms. The van der Waals surface area contributed by atoms with E-state index in [1.54, 1.807) is 18.4 Å². The molecular formula is C9H7IOS. The molecule has 62 valence electrons. The maximum absolute atomic E-state index is 5.13. The smallest absolute Gasteiger partial charge is 0.119 e. The molecule has 12 heavy (non-hydrogen) atoms. The number of ether oxygens (including phenoxy) is 1. The Balaban J connectivity index is 2.66. The second-order valence-corrected chi connectivity index (χ2v) is 5.43. The first-order valence-corrected chi connectivity index (χ1v) is 5.42. The molecule has 0 N–H and O–H groups in total. The van der Waals surface area contributed by atoms with Gasteiger partial charge in [-0.15, -0.1) is 11.3 Å². The van der Waals surface area contributed by atoms with Crippen LogP contribution in [0.5, 0.6) is 5.75 Å². The van der Waals surface area contributed by atoms with E-state index >= 15 is 0 Å². The molecule has 0 unspecified atom stereocenters. The van der Waals surface area contributed by atoms with Gasteiger partial charge in [-0.3, -0.25) is 0 Å². The predicted molar refractivity (Wildman–Crippen MR) is 61.1 cm³/mol. The minimum Gasteiger partial charge on any atom is -0.497 e. The van der Waals surface area contributed by atoms with Crippen LogP contribution < -0.4 is 4.74 Å². The lowest BCUT2D eigenvalue weighted by molar-refractivity contribution is 0.415. The largest absolute Gasteiger partial charge is 0.497 e. The van der Waals surface area contributed by atoms with Crippen molar-refractivity contribution in [3.8, 4) is 5.75 Å². The Labute approximate surface area is 88.5 Å². The molecule has 1 aromatic heterocycles. The Hall–Kier alpha value is -0.290. The summed E-state index contributed by atoms with van der Waals surface area (Å²) in [4.78, 5) is 0. The summed E-state index contributed by atoms with van der Waals surface area (Å²) in [5.74, 6) is 0.928. The molecule has 0 fully saturated rings. The summed E-state index contributed by atoms with van der Waals surface area (Å²) in [6.45, 7) is 0. The number of rotatable bonds is 1. The summed E-state index contributed by atoms with van der Waals surface area (Å²) < 4.78 is 7.77. The van der Waals surface area contributed by atoms with Crippen LogP contribution in [0.25, 0.3) is 10.1 Å². The molecule has 0 aliphatic heterocycles. The zero-order chi connectivity index (χ0) is 8.55. The molecule has 0 aliphatic rings. The SMILES string of the molecule is COc1ccc2sc(I)cc2c1. The first kappa shape index (κ1) is 8.31. The maximum atomic E-state index is 5.13. The molecular weight excluding hydrogens is 283 g/mol. The Morgan fingerprint density at radius 2 is 2.17 bits per heavy atom. The van der Waals surface area contributed by atoms with Crippen molar-refractivity contribution in [3.05, 3.63) is 27.1 Å². The molecule has 2 rings (SSSR count). The lowest BCUT2D eigenvalue weighted by atomic mass is 10.2. The fourth-order valence-corrected chi connectivity index (χ4v) is 2.93. The van der Waals surface area contributed by atoms with Crippen molar-refractivity contribution >= 4 is 44.0 Å². The van der Waals surface area contributed by atoms with Gasteiger partial charge in [0.25, 0.3) is 0 Å². The topological polar surface area (TPSA) is 9.23 Å². The fraction of sp³-hybridized carbons (Fsp3) is 0.111. The van der Waals surface area contributed by atoms with Crippen LogP contribution in [-0.2, 0) is 0 Å². The normalized spacial score (nSPS) is 10.5. The predicted octanol–water partition coefficient (Wildman–Crippen LogP) is 3.51. The fourth-order valence-electron chi connectivity index (χ4n) is 1.12. The molecule has 2 aromatic rings. The molecule has 3 heteroatoms. The van der Waals surface area contributed by atoms with Crippen molar-refractivity contribution in [2.75, 3.05) is 7.11 Å². The van der Waals surface area contributed by atoms with Crippen LogP contribution in [0.15, 0.2) is 24.3 Å². The molecule has 1 aromatic carbocycles. The number of hydrogen-bond acceptors (Lipinski definition) is 2. The van der Waals surface area contributed by atoms with Gasteiger partial charge in [-0.05, 0) is 52.2 Å². The van der Waals surface area contributed by atoms with Gasteiger partial charge in [-0.1, -0.05) is 0 Å². The molecule has 0 aliphatic carbocycles. The van der Waals surface area contributed by atoms with Crippen LogP contribution in [0.4, 0.5) is 0 Å². The van der Waals surface area contributed by atoms with Crippen LogP contribution >= 0.6 is 33.9 Å². The van der Waals surface area contributed by atoms with Crippen molar-refractivity contribution in [1.82, 2.24) is 0 Å². The molecule has 0 radical (unpaired) electrons. The number of hydrogen-bond donors (Lipinski definition) is 0. The average molecular weight is 290 g/mol. The highest BCUT2D eigenvalue weighted by Crippen LogP contribution is 2.29. The van der Waals surface area contributed by atoms with E-state index in [0.29, 0.717) is 0 Å². The summed E-state index contributed by atoms with van der Waals surface area (Å²) in [5, 5.41) is 1.27. The van der Waals surface area contributed by atoms with Gasteiger partial charge in [0, 0.05) is 4.70 Å². The Morgan fingerprint density at radius 3 is 2.92 bits per heavy atom. The standard InChI is InChI=1S/C9H7IOS/c1-11-7-2-3-8-6(4-7)5-9(10)12-8/h2-5H,1H3. The number of benzene rings is 1. The lowest BCUT2D eigenvalue weighted by Crippen LogP contribution is -1.79. The summed E-state index contributed by atoms with van der Waals surface area (Å²) in [6.07, 6.45) is 0. The van der Waals surface area contributed by atoms with Gasteiger partial charge in [-0.2, -0.15) is 0 Å². The first-order chi connectivity index (χ1) is 5.79. The zero-order valence-corrected chi connectivity index (χ0v) is 9.48. The maximum Gasteiger partial charge on any atom is 0.119 e. The van der Waals surface area contributed by atoms with Crippen molar-refractivity contribution in [2.24, 2.45) is 0 Å². The third-order valence-electron chi connectivity index (χ3n) is 1.69. The molecule has 0 bridgehead atoms. The minimum absolute atomic E-state index is 0.928. The van der Waals surface area contributed by atoms with Crippen LogP contribution in [0.2, 0.25) is 0 Å². The van der Waals surface area contributed by atoms with Gasteiger partial charge in [-0.25, -0.2) is 0 Å². The van der Waals surface area contributed by atoms with E-state index < -0.39 is 0 Å². The van der Waals surface area contributed by atoms with Gasteiger partial charge < -0.3 is 4.74 Å². The van der Waals surface area contributed by atoms with E-state index in [2.05, 4.69) is 40.8 Å². The molecule has 0 atom stereocenters. The van der Waals surface area contributed by atoms with Crippen LogP contribution in [0, 0.1) is 2.88 Å². The number of fused-ring (bicyclic) bond motifs is 1. The van der Waals surface area contributed by atoms with Crippen molar-refractivity contribution in [3.63, 3.8) is 0 Å². The molecule has 0 saturated heterocycles. The van der Waals surface area contributed by atoms with E-state index in [9.17, 15) is 0 Å². The molecule has 0 amide bonds. The zero-order valence-electron chi connectivity index (χ0n) is 6.50. The molecule has 1 heterocycles. The highest BCUT2D eigenvalue weighted by atomic mass is 127. The van der Waals surface area contributed by atoms with E-state index in [1.165, 1.54) is 13.0 Å². The highest BCUT2D eigenvalue weighted by Gasteiger charge is 1.99. The summed E-state index contributed by atoms with van der Waals surface area (Å²) in [5.41, 5.74) is 0. The minimum atomic E-state index is 0.928. The number of methoxy groups -OCH3 is 1. The van der Waals surface area contributed by atoms with Crippen molar-refractivity contribution in [2.45, 2.75) is 0 Å². The summed E-state index contributed by atoms with van der Waals surface area (Å²) >= 11 is 4.14. The third kappa shape index (κ3) is 1.43. The third-order valence-corrected chi connectivity index (χ3v) is 3.57. The average Bonchev–Trinajstić information content (AvgIpc) is 2.43. The van der Waals surface area contributed by atoms with E-state index in [0.717, 1.165) is 5.75 Å². The van der Waals surface area contributed by atoms with E-state index in [4.69, 9.17) is 4.74 Å². The van der Waals surface area contributed by atoms with Crippen LogP contribution in [0.3, 0.4) is 0 Å². The van der Waals surface area contributed by atoms with Crippen molar-refractivity contribution < 1.29 is 4.74 Å². The molecule has 1 nitrogen and oxygen atoms in total. The lowest BCUT2D eigenvalue weighted by Gasteiger charge is -1.97. The first-order valence-electron chi connectivity index (χ1n) is 3.52. The van der Waals surface area contributed by atoms with E-state index in [1.807, 2.05) is 6.07 Å². The van der Waals surface area contributed by atoms with Gasteiger partial charge >= 0.3 is 0 Å². The highest BCUT2D eigenvalue weighted by molar-refractivity contribution is 14.1. The van der Waals surface area contributed by atoms with Gasteiger partial charge in [0.05, 0.1) is 9.99 Å². The number of halogens is 1. The quantitative estimate of drug-likeness (QED) is 0.730. The Bertz CT molecular complexity index is 408. The van der Waals surface area contributed by atoms with Crippen LogP contribution in [0.1, 0.15) is 0 Å². The van der Waals surface area contributed by atoms with Gasteiger partial charge in [0.15, 0.2) is 0 Å². The molecule has 0 saturated carbocycles. The summed E-state index contributed by atoms with van der Waals surface area (Å²) in [6, 6.07) is 8.33. The Morgan fingerprint density at radius 1 is 1.33 bits per heavy atom. The van der Waals surface area contributed by atoms with Crippen LogP contribution in [-0.4, -0.2) is 7.11 Å². The second-order valence-electron chi connectivity index (χ2n) is 2.45. The monoisotopic (exact) mass is 290 g/mol. The summed E-state index contributed by atoms with van der Waals surface area (Å²) in [7, 11) is 1.69. The van der Waals surface area contributed by atoms with Crippen molar-refractivity contribution in [1.29, 1.82) is 0 Å². The number of thiophene rings is 1. The van der Waals surface area contributed by atoms with Gasteiger partial charge in [0.2, 0.25) is 0 Å². The van der Waals surface area contributed by atoms with Gasteiger partial charge in [0.1, 0.15) is 5.75 Å². The Kier molecular flexibility index (Phi) is 2.23.